The first-order valence-electron chi connectivity index (χ1n) is 7.50. The molecule has 1 unspecified atom stereocenters. The summed E-state index contributed by atoms with van der Waals surface area (Å²) in [6, 6.07) is 0. The van der Waals surface area contributed by atoms with Gasteiger partial charge in [0.25, 0.3) is 0 Å². The Morgan fingerprint density at radius 2 is 2.11 bits per heavy atom. The van der Waals surface area contributed by atoms with E-state index in [1.807, 2.05) is 0 Å². The molecular weight excluding hydrogens is 224 g/mol. The summed E-state index contributed by atoms with van der Waals surface area (Å²) in [5.41, 5.74) is 0. The van der Waals surface area contributed by atoms with Crippen molar-refractivity contribution in [1.29, 1.82) is 0 Å². The summed E-state index contributed by atoms with van der Waals surface area (Å²) < 4.78 is 2.38. The van der Waals surface area contributed by atoms with E-state index in [1.54, 1.807) is 0 Å². The van der Waals surface area contributed by atoms with Crippen LogP contribution in [0.1, 0.15) is 44.3 Å². The lowest BCUT2D eigenvalue weighted by Gasteiger charge is -2.31. The fourth-order valence-corrected chi connectivity index (χ4v) is 3.38. The van der Waals surface area contributed by atoms with E-state index in [4.69, 9.17) is 0 Å². The van der Waals surface area contributed by atoms with Crippen LogP contribution in [0.25, 0.3) is 0 Å². The maximum Gasteiger partial charge on any atom is 0.133 e. The number of nitrogens with zero attached hydrogens (tertiary/aromatic N) is 4. The van der Waals surface area contributed by atoms with Crippen LogP contribution in [-0.4, -0.2) is 39.3 Å². The zero-order valence-electron chi connectivity index (χ0n) is 11.4. The Kier molecular flexibility index (Phi) is 3.64. The first kappa shape index (κ1) is 12.2. The van der Waals surface area contributed by atoms with Gasteiger partial charge in [-0.3, -0.25) is 0 Å². The van der Waals surface area contributed by atoms with Crippen LogP contribution in [0.5, 0.6) is 0 Å². The molecule has 0 spiro atoms. The highest BCUT2D eigenvalue weighted by atomic mass is 15.3. The summed E-state index contributed by atoms with van der Waals surface area (Å²) >= 11 is 0. The molecule has 2 aliphatic heterocycles. The highest BCUT2D eigenvalue weighted by Gasteiger charge is 2.23. The van der Waals surface area contributed by atoms with Crippen LogP contribution in [0.3, 0.4) is 0 Å². The van der Waals surface area contributed by atoms with Crippen molar-refractivity contribution in [3.63, 3.8) is 0 Å². The quantitative estimate of drug-likeness (QED) is 0.819. The molecule has 100 valence electrons. The van der Waals surface area contributed by atoms with Gasteiger partial charge in [0.2, 0.25) is 0 Å². The van der Waals surface area contributed by atoms with Crippen molar-refractivity contribution >= 4 is 0 Å². The number of fused-ring (bicyclic) bond motifs is 1. The van der Waals surface area contributed by atoms with E-state index in [9.17, 15) is 0 Å². The lowest BCUT2D eigenvalue weighted by Crippen LogP contribution is -2.36. The number of piperidine rings is 1. The van der Waals surface area contributed by atoms with E-state index in [0.29, 0.717) is 0 Å². The molecule has 0 aliphatic carbocycles. The number of aryl methyl sites for hydroxylation is 1. The average molecular weight is 248 g/mol. The minimum absolute atomic E-state index is 0.786. The standard InChI is InChI=1S/C14H24N4/c1-2-17-8-5-6-12(11-17)10-14-16-15-13-7-3-4-9-18(13)14/h12H,2-11H2,1H3. The van der Waals surface area contributed by atoms with Crippen molar-refractivity contribution < 1.29 is 0 Å². The van der Waals surface area contributed by atoms with Crippen molar-refractivity contribution in [2.24, 2.45) is 5.92 Å². The number of rotatable bonds is 3. The van der Waals surface area contributed by atoms with Gasteiger partial charge < -0.3 is 9.47 Å². The van der Waals surface area contributed by atoms with Crippen LogP contribution in [-0.2, 0) is 19.4 Å². The summed E-state index contributed by atoms with van der Waals surface area (Å²) in [5.74, 6) is 3.25. The highest BCUT2D eigenvalue weighted by Crippen LogP contribution is 2.22. The van der Waals surface area contributed by atoms with Crippen molar-refractivity contribution in [3.05, 3.63) is 11.6 Å². The molecule has 0 radical (unpaired) electrons. The van der Waals surface area contributed by atoms with Gasteiger partial charge in [0.05, 0.1) is 0 Å². The Labute approximate surface area is 109 Å². The maximum atomic E-state index is 4.44. The SMILES string of the molecule is CCN1CCCC(Cc2nnc3n2CCCC3)C1. The summed E-state index contributed by atoms with van der Waals surface area (Å²) in [5, 5.41) is 8.80. The highest BCUT2D eigenvalue weighted by molar-refractivity contribution is 5.00. The Morgan fingerprint density at radius 1 is 1.17 bits per heavy atom. The summed E-state index contributed by atoms with van der Waals surface area (Å²) in [6.45, 7) is 7.13. The van der Waals surface area contributed by atoms with Crippen molar-refractivity contribution in [2.75, 3.05) is 19.6 Å². The lowest BCUT2D eigenvalue weighted by molar-refractivity contribution is 0.180. The molecule has 4 heteroatoms. The largest absolute Gasteiger partial charge is 0.315 e. The summed E-state index contributed by atoms with van der Waals surface area (Å²) in [6.07, 6.45) is 7.54. The van der Waals surface area contributed by atoms with E-state index in [0.717, 1.165) is 25.3 Å². The Hall–Kier alpha value is -0.900. The third-order valence-corrected chi connectivity index (χ3v) is 4.46. The van der Waals surface area contributed by atoms with Gasteiger partial charge in [-0.15, -0.1) is 10.2 Å². The van der Waals surface area contributed by atoms with Gasteiger partial charge in [0.15, 0.2) is 0 Å². The topological polar surface area (TPSA) is 34.0 Å². The summed E-state index contributed by atoms with van der Waals surface area (Å²) in [7, 11) is 0. The fraction of sp³-hybridized carbons (Fsp3) is 0.857. The van der Waals surface area contributed by atoms with E-state index >= 15 is 0 Å². The third-order valence-electron chi connectivity index (χ3n) is 4.46. The second kappa shape index (κ2) is 5.39. The lowest BCUT2D eigenvalue weighted by atomic mass is 9.94. The van der Waals surface area contributed by atoms with Gasteiger partial charge in [0, 0.05) is 25.9 Å². The molecule has 0 amide bonds. The van der Waals surface area contributed by atoms with E-state index in [2.05, 4.69) is 26.6 Å². The smallest absolute Gasteiger partial charge is 0.133 e. The van der Waals surface area contributed by atoms with Gasteiger partial charge in [-0.05, 0) is 44.7 Å². The molecule has 3 rings (SSSR count). The van der Waals surface area contributed by atoms with E-state index in [1.165, 1.54) is 57.0 Å². The molecule has 1 aromatic rings. The van der Waals surface area contributed by atoms with Gasteiger partial charge in [-0.1, -0.05) is 6.92 Å². The van der Waals surface area contributed by atoms with Crippen LogP contribution >= 0.6 is 0 Å². The second-order valence-electron chi connectivity index (χ2n) is 5.75. The molecule has 1 saturated heterocycles. The molecule has 0 saturated carbocycles. The third kappa shape index (κ3) is 2.44. The molecule has 3 heterocycles. The molecular formula is C14H24N4. The Morgan fingerprint density at radius 3 is 3.00 bits per heavy atom. The van der Waals surface area contributed by atoms with Crippen LogP contribution in [0.2, 0.25) is 0 Å². The number of aromatic nitrogens is 3. The minimum Gasteiger partial charge on any atom is -0.315 e. The zero-order chi connectivity index (χ0) is 12.4. The predicted molar refractivity (Wildman–Crippen MR) is 71.5 cm³/mol. The Balaban J connectivity index is 1.67. The van der Waals surface area contributed by atoms with E-state index in [-0.39, 0.29) is 0 Å². The van der Waals surface area contributed by atoms with Crippen molar-refractivity contribution in [3.8, 4) is 0 Å². The molecule has 1 atom stereocenters. The summed E-state index contributed by atoms with van der Waals surface area (Å²) in [4.78, 5) is 2.57. The predicted octanol–water partition coefficient (Wildman–Crippen LogP) is 1.89. The average Bonchev–Trinajstić information content (AvgIpc) is 2.83. The second-order valence-corrected chi connectivity index (χ2v) is 5.75. The van der Waals surface area contributed by atoms with Crippen LogP contribution < -0.4 is 0 Å². The molecule has 1 aromatic heterocycles. The maximum absolute atomic E-state index is 4.44. The monoisotopic (exact) mass is 248 g/mol. The van der Waals surface area contributed by atoms with E-state index < -0.39 is 0 Å². The van der Waals surface area contributed by atoms with Crippen LogP contribution in [0.4, 0.5) is 0 Å². The molecule has 1 fully saturated rings. The number of hydrogen-bond donors (Lipinski definition) is 0. The van der Waals surface area contributed by atoms with Crippen LogP contribution in [0.15, 0.2) is 0 Å². The fourth-order valence-electron chi connectivity index (χ4n) is 3.38. The molecule has 0 bridgehead atoms. The molecule has 0 N–H and O–H groups in total. The number of hydrogen-bond acceptors (Lipinski definition) is 3. The minimum atomic E-state index is 0.786. The van der Waals surface area contributed by atoms with Gasteiger partial charge in [-0.2, -0.15) is 0 Å². The van der Waals surface area contributed by atoms with Gasteiger partial charge in [-0.25, -0.2) is 0 Å². The van der Waals surface area contributed by atoms with Gasteiger partial charge in [0.1, 0.15) is 11.6 Å². The van der Waals surface area contributed by atoms with Crippen LogP contribution in [0, 0.1) is 5.92 Å². The first-order valence-corrected chi connectivity index (χ1v) is 7.50. The van der Waals surface area contributed by atoms with Crippen molar-refractivity contribution in [2.45, 2.75) is 52.0 Å². The van der Waals surface area contributed by atoms with Gasteiger partial charge >= 0.3 is 0 Å². The zero-order valence-corrected chi connectivity index (χ0v) is 11.4. The molecule has 4 nitrogen and oxygen atoms in total. The first-order chi connectivity index (χ1) is 8.86. The molecule has 0 aromatic carbocycles. The Bertz CT molecular complexity index is 398. The normalized spacial score (nSPS) is 25.1. The van der Waals surface area contributed by atoms with Crippen molar-refractivity contribution in [1.82, 2.24) is 19.7 Å². The molecule has 18 heavy (non-hydrogen) atoms. The number of likely N-dealkylation sites (tertiary alicyclic amines) is 1. The molecule has 2 aliphatic rings.